The first-order valence-corrected chi connectivity index (χ1v) is 5.94. The van der Waals surface area contributed by atoms with Gasteiger partial charge in [0.15, 0.2) is 0 Å². The minimum absolute atomic E-state index is 0.0370. The predicted octanol–water partition coefficient (Wildman–Crippen LogP) is 0.512. The van der Waals surface area contributed by atoms with Gasteiger partial charge in [-0.15, -0.1) is 0 Å². The van der Waals surface area contributed by atoms with Crippen LogP contribution in [0.1, 0.15) is 12.8 Å². The van der Waals surface area contributed by atoms with Crippen molar-refractivity contribution in [2.75, 3.05) is 26.3 Å². The molecule has 0 saturated carbocycles. The summed E-state index contributed by atoms with van der Waals surface area (Å²) < 4.78 is 5.19. The molecule has 5 heteroatoms. The number of carbonyl (C=O) groups excluding carboxylic acids is 1. The van der Waals surface area contributed by atoms with Gasteiger partial charge in [-0.3, -0.25) is 9.59 Å². The van der Waals surface area contributed by atoms with Gasteiger partial charge in [-0.2, -0.15) is 0 Å². The van der Waals surface area contributed by atoms with E-state index in [1.165, 1.54) is 0 Å². The Morgan fingerprint density at radius 3 is 2.29 bits per heavy atom. The number of carboxylic acids is 1. The van der Waals surface area contributed by atoms with Crippen LogP contribution in [0.15, 0.2) is 12.2 Å². The molecule has 0 bridgehead atoms. The van der Waals surface area contributed by atoms with Crippen molar-refractivity contribution in [2.24, 2.45) is 11.8 Å². The molecule has 1 fully saturated rings. The molecule has 1 aliphatic carbocycles. The van der Waals surface area contributed by atoms with Gasteiger partial charge in [-0.05, 0) is 12.8 Å². The fourth-order valence-corrected chi connectivity index (χ4v) is 2.38. The van der Waals surface area contributed by atoms with Crippen LogP contribution in [-0.4, -0.2) is 48.2 Å². The molecule has 1 heterocycles. The highest BCUT2D eigenvalue weighted by Gasteiger charge is 2.36. The Labute approximate surface area is 100 Å². The smallest absolute Gasteiger partial charge is 0.307 e. The Balaban J connectivity index is 2.05. The number of nitrogens with zero attached hydrogens (tertiary/aromatic N) is 1. The number of amides is 1. The molecule has 1 saturated heterocycles. The molecule has 1 amide bonds. The average Bonchev–Trinajstić information content (AvgIpc) is 2.39. The van der Waals surface area contributed by atoms with E-state index in [9.17, 15) is 9.59 Å². The summed E-state index contributed by atoms with van der Waals surface area (Å²) in [4.78, 5) is 25.1. The first-order valence-electron chi connectivity index (χ1n) is 5.94. The van der Waals surface area contributed by atoms with E-state index >= 15 is 0 Å². The van der Waals surface area contributed by atoms with E-state index < -0.39 is 17.8 Å². The van der Waals surface area contributed by atoms with Crippen molar-refractivity contribution in [3.8, 4) is 0 Å². The molecular formula is C12H17NO4. The second kappa shape index (κ2) is 5.31. The largest absolute Gasteiger partial charge is 0.481 e. The van der Waals surface area contributed by atoms with Crippen LogP contribution < -0.4 is 0 Å². The van der Waals surface area contributed by atoms with Crippen LogP contribution in [-0.2, 0) is 14.3 Å². The normalized spacial score (nSPS) is 29.1. The minimum Gasteiger partial charge on any atom is -0.481 e. The van der Waals surface area contributed by atoms with Crippen LogP contribution in [0.4, 0.5) is 0 Å². The standard InChI is InChI=1S/C12H17NO4/c14-11(13-5-7-17-8-6-13)9-3-1-2-4-10(9)12(15)16/h1-2,9-10H,3-8H2,(H,15,16)/t9-,10+/m0/s1. The van der Waals surface area contributed by atoms with Crippen molar-refractivity contribution in [2.45, 2.75) is 12.8 Å². The van der Waals surface area contributed by atoms with E-state index in [-0.39, 0.29) is 5.91 Å². The van der Waals surface area contributed by atoms with Crippen LogP contribution in [0, 0.1) is 11.8 Å². The van der Waals surface area contributed by atoms with Gasteiger partial charge in [0.2, 0.25) is 5.91 Å². The van der Waals surface area contributed by atoms with Gasteiger partial charge < -0.3 is 14.7 Å². The van der Waals surface area contributed by atoms with Crippen molar-refractivity contribution in [3.05, 3.63) is 12.2 Å². The van der Waals surface area contributed by atoms with Crippen molar-refractivity contribution in [1.29, 1.82) is 0 Å². The highest BCUT2D eigenvalue weighted by molar-refractivity contribution is 5.85. The fourth-order valence-electron chi connectivity index (χ4n) is 2.38. The van der Waals surface area contributed by atoms with Crippen molar-refractivity contribution in [3.63, 3.8) is 0 Å². The predicted molar refractivity (Wildman–Crippen MR) is 60.4 cm³/mol. The lowest BCUT2D eigenvalue weighted by Crippen LogP contribution is -2.46. The molecule has 2 atom stereocenters. The zero-order valence-corrected chi connectivity index (χ0v) is 9.67. The van der Waals surface area contributed by atoms with Crippen LogP contribution in [0.3, 0.4) is 0 Å². The van der Waals surface area contributed by atoms with E-state index in [1.807, 2.05) is 12.2 Å². The summed E-state index contributed by atoms with van der Waals surface area (Å²) in [6, 6.07) is 0. The number of ether oxygens (including phenoxy) is 1. The van der Waals surface area contributed by atoms with Crippen molar-refractivity contribution >= 4 is 11.9 Å². The summed E-state index contributed by atoms with van der Waals surface area (Å²) >= 11 is 0. The van der Waals surface area contributed by atoms with Gasteiger partial charge in [0.05, 0.1) is 25.0 Å². The molecule has 17 heavy (non-hydrogen) atoms. The lowest BCUT2D eigenvalue weighted by molar-refractivity contribution is -0.152. The Kier molecular flexibility index (Phi) is 3.78. The zero-order chi connectivity index (χ0) is 12.3. The summed E-state index contributed by atoms with van der Waals surface area (Å²) in [6.45, 7) is 2.24. The number of allylic oxidation sites excluding steroid dienone is 2. The zero-order valence-electron chi connectivity index (χ0n) is 9.67. The number of hydrogen-bond donors (Lipinski definition) is 1. The molecule has 0 unspecified atom stereocenters. The average molecular weight is 239 g/mol. The van der Waals surface area contributed by atoms with Gasteiger partial charge in [0.1, 0.15) is 0 Å². The molecule has 0 aromatic rings. The lowest BCUT2D eigenvalue weighted by Gasteiger charge is -2.33. The summed E-state index contributed by atoms with van der Waals surface area (Å²) in [5, 5.41) is 9.13. The molecule has 0 radical (unpaired) electrons. The molecule has 1 aliphatic heterocycles. The second-order valence-electron chi connectivity index (χ2n) is 4.43. The first kappa shape index (κ1) is 12.1. The SMILES string of the molecule is O=C(O)[C@@H]1CC=CC[C@@H]1C(=O)N1CCOCC1. The number of morpholine rings is 1. The maximum absolute atomic E-state index is 12.2. The van der Waals surface area contributed by atoms with Gasteiger partial charge in [0.25, 0.3) is 0 Å². The molecule has 2 rings (SSSR count). The first-order chi connectivity index (χ1) is 8.20. The third-order valence-electron chi connectivity index (χ3n) is 3.39. The molecule has 0 spiro atoms. The summed E-state index contributed by atoms with van der Waals surface area (Å²) in [5.41, 5.74) is 0. The van der Waals surface area contributed by atoms with E-state index in [2.05, 4.69) is 0 Å². The molecule has 2 aliphatic rings. The molecule has 5 nitrogen and oxygen atoms in total. The lowest BCUT2D eigenvalue weighted by atomic mass is 9.82. The number of hydrogen-bond acceptors (Lipinski definition) is 3. The molecule has 1 N–H and O–H groups in total. The molecular weight excluding hydrogens is 222 g/mol. The maximum atomic E-state index is 12.2. The Morgan fingerprint density at radius 2 is 1.71 bits per heavy atom. The van der Waals surface area contributed by atoms with Crippen LogP contribution in [0.2, 0.25) is 0 Å². The molecule has 94 valence electrons. The van der Waals surface area contributed by atoms with Gasteiger partial charge in [0, 0.05) is 13.1 Å². The van der Waals surface area contributed by atoms with Crippen molar-refractivity contribution < 1.29 is 19.4 Å². The minimum atomic E-state index is -0.874. The number of carboxylic acid groups (broad SMARTS) is 1. The van der Waals surface area contributed by atoms with E-state index in [0.29, 0.717) is 39.1 Å². The summed E-state index contributed by atoms with van der Waals surface area (Å²) in [6.07, 6.45) is 4.74. The van der Waals surface area contributed by atoms with E-state index in [4.69, 9.17) is 9.84 Å². The third-order valence-corrected chi connectivity index (χ3v) is 3.39. The number of rotatable bonds is 2. The Bertz CT molecular complexity index is 333. The summed E-state index contributed by atoms with van der Waals surface area (Å²) in [5.74, 6) is -1.89. The van der Waals surface area contributed by atoms with Crippen LogP contribution in [0.5, 0.6) is 0 Å². The van der Waals surface area contributed by atoms with Gasteiger partial charge >= 0.3 is 5.97 Å². The van der Waals surface area contributed by atoms with Gasteiger partial charge in [-0.25, -0.2) is 0 Å². The fraction of sp³-hybridized carbons (Fsp3) is 0.667. The maximum Gasteiger partial charge on any atom is 0.307 e. The molecule has 0 aromatic heterocycles. The quantitative estimate of drug-likeness (QED) is 0.713. The second-order valence-corrected chi connectivity index (χ2v) is 4.43. The monoisotopic (exact) mass is 239 g/mol. The third kappa shape index (κ3) is 2.66. The van der Waals surface area contributed by atoms with Gasteiger partial charge in [-0.1, -0.05) is 12.2 Å². The van der Waals surface area contributed by atoms with E-state index in [0.717, 1.165) is 0 Å². The highest BCUT2D eigenvalue weighted by atomic mass is 16.5. The Hall–Kier alpha value is -1.36. The highest BCUT2D eigenvalue weighted by Crippen LogP contribution is 2.27. The Morgan fingerprint density at radius 1 is 1.12 bits per heavy atom. The summed E-state index contributed by atoms with van der Waals surface area (Å²) in [7, 11) is 0. The van der Waals surface area contributed by atoms with E-state index in [1.54, 1.807) is 4.90 Å². The van der Waals surface area contributed by atoms with Crippen molar-refractivity contribution in [1.82, 2.24) is 4.90 Å². The molecule has 0 aromatic carbocycles. The van der Waals surface area contributed by atoms with Crippen LogP contribution >= 0.6 is 0 Å². The van der Waals surface area contributed by atoms with Crippen LogP contribution in [0.25, 0.3) is 0 Å². The number of carbonyl (C=O) groups is 2. The topological polar surface area (TPSA) is 66.8 Å². The number of aliphatic carboxylic acids is 1.